The third-order valence-corrected chi connectivity index (χ3v) is 2.76. The summed E-state index contributed by atoms with van der Waals surface area (Å²) in [5.74, 6) is 1.23. The molecular formula is C12H23NO2. The Morgan fingerprint density at radius 2 is 2.27 bits per heavy atom. The van der Waals surface area contributed by atoms with E-state index in [1.165, 1.54) is 0 Å². The van der Waals surface area contributed by atoms with Crippen LogP contribution in [0.5, 0.6) is 0 Å². The summed E-state index contributed by atoms with van der Waals surface area (Å²) < 4.78 is 5.53. The molecule has 0 bridgehead atoms. The fourth-order valence-corrected chi connectivity index (χ4v) is 1.81. The molecule has 1 aliphatic heterocycles. The number of ketones is 1. The van der Waals surface area contributed by atoms with E-state index in [2.05, 4.69) is 18.7 Å². The number of nitrogens with zero attached hydrogens (tertiary/aromatic N) is 1. The second kappa shape index (κ2) is 6.23. The summed E-state index contributed by atoms with van der Waals surface area (Å²) in [6.45, 7) is 10.7. The Labute approximate surface area is 92.8 Å². The molecule has 15 heavy (non-hydrogen) atoms. The number of piperidine rings is 1. The molecule has 1 aliphatic rings. The highest BCUT2D eigenvalue weighted by Gasteiger charge is 2.22. The average Bonchev–Trinajstić information content (AvgIpc) is 2.18. The van der Waals surface area contributed by atoms with Gasteiger partial charge in [0.15, 0.2) is 0 Å². The van der Waals surface area contributed by atoms with Gasteiger partial charge in [-0.1, -0.05) is 20.8 Å². The minimum atomic E-state index is 0.212. The van der Waals surface area contributed by atoms with Gasteiger partial charge in [-0.15, -0.1) is 0 Å². The lowest BCUT2D eigenvalue weighted by molar-refractivity contribution is -0.125. The summed E-state index contributed by atoms with van der Waals surface area (Å²) >= 11 is 0. The molecule has 1 saturated heterocycles. The number of hydrogen-bond donors (Lipinski definition) is 0. The summed E-state index contributed by atoms with van der Waals surface area (Å²) in [6, 6.07) is 0. The maximum Gasteiger partial charge on any atom is 0.138 e. The van der Waals surface area contributed by atoms with Crippen molar-refractivity contribution in [1.82, 2.24) is 4.90 Å². The van der Waals surface area contributed by atoms with Crippen LogP contribution in [0.3, 0.4) is 0 Å². The van der Waals surface area contributed by atoms with Crippen LogP contribution in [0.2, 0.25) is 0 Å². The van der Waals surface area contributed by atoms with Gasteiger partial charge in [0.1, 0.15) is 5.78 Å². The average molecular weight is 213 g/mol. The monoisotopic (exact) mass is 213 g/mol. The van der Waals surface area contributed by atoms with Crippen LogP contribution in [0.4, 0.5) is 0 Å². The molecule has 0 spiro atoms. The Balaban J connectivity index is 2.09. The molecule has 0 aliphatic carbocycles. The molecule has 1 heterocycles. The SMILES string of the molecule is CC(C)COCCN1CCC(=O)C(C)C1. The number of hydrogen-bond acceptors (Lipinski definition) is 3. The highest BCUT2D eigenvalue weighted by Crippen LogP contribution is 2.11. The minimum absolute atomic E-state index is 0.212. The van der Waals surface area contributed by atoms with Gasteiger partial charge in [-0.3, -0.25) is 9.69 Å². The van der Waals surface area contributed by atoms with Crippen molar-refractivity contribution in [3.8, 4) is 0 Å². The van der Waals surface area contributed by atoms with Crippen LogP contribution in [-0.2, 0) is 9.53 Å². The van der Waals surface area contributed by atoms with Crippen LogP contribution in [-0.4, -0.2) is 43.5 Å². The lowest BCUT2D eigenvalue weighted by atomic mass is 9.99. The molecule has 0 aromatic carbocycles. The van der Waals surface area contributed by atoms with Crippen molar-refractivity contribution in [2.45, 2.75) is 27.2 Å². The Morgan fingerprint density at radius 3 is 2.87 bits per heavy atom. The van der Waals surface area contributed by atoms with E-state index in [-0.39, 0.29) is 5.92 Å². The van der Waals surface area contributed by atoms with Crippen molar-refractivity contribution in [1.29, 1.82) is 0 Å². The van der Waals surface area contributed by atoms with E-state index in [0.29, 0.717) is 18.1 Å². The van der Waals surface area contributed by atoms with Gasteiger partial charge in [0, 0.05) is 38.6 Å². The van der Waals surface area contributed by atoms with Crippen LogP contribution in [0.1, 0.15) is 27.2 Å². The van der Waals surface area contributed by atoms with Crippen molar-refractivity contribution in [3.63, 3.8) is 0 Å². The van der Waals surface area contributed by atoms with E-state index < -0.39 is 0 Å². The summed E-state index contributed by atoms with van der Waals surface area (Å²) in [5, 5.41) is 0. The second-order valence-electron chi connectivity index (χ2n) is 4.89. The number of likely N-dealkylation sites (tertiary alicyclic amines) is 1. The molecule has 3 heteroatoms. The molecule has 1 atom stereocenters. The van der Waals surface area contributed by atoms with E-state index >= 15 is 0 Å². The number of ether oxygens (including phenoxy) is 1. The van der Waals surface area contributed by atoms with Gasteiger partial charge in [-0.25, -0.2) is 0 Å². The second-order valence-corrected chi connectivity index (χ2v) is 4.89. The smallest absolute Gasteiger partial charge is 0.138 e. The third-order valence-electron chi connectivity index (χ3n) is 2.76. The van der Waals surface area contributed by atoms with Crippen LogP contribution in [0.15, 0.2) is 0 Å². The summed E-state index contributed by atoms with van der Waals surface area (Å²) in [6.07, 6.45) is 0.714. The van der Waals surface area contributed by atoms with Gasteiger partial charge in [0.2, 0.25) is 0 Å². The highest BCUT2D eigenvalue weighted by atomic mass is 16.5. The first-order valence-corrected chi connectivity index (χ1v) is 5.92. The maximum absolute atomic E-state index is 11.3. The predicted octanol–water partition coefficient (Wildman–Crippen LogP) is 1.57. The van der Waals surface area contributed by atoms with E-state index in [4.69, 9.17) is 4.74 Å². The third kappa shape index (κ3) is 4.76. The van der Waals surface area contributed by atoms with Gasteiger partial charge in [0.25, 0.3) is 0 Å². The zero-order chi connectivity index (χ0) is 11.3. The summed E-state index contributed by atoms with van der Waals surface area (Å²) in [4.78, 5) is 13.6. The van der Waals surface area contributed by atoms with Crippen molar-refractivity contribution in [2.24, 2.45) is 11.8 Å². The normalized spacial score (nSPS) is 23.7. The van der Waals surface area contributed by atoms with Gasteiger partial charge in [-0.05, 0) is 5.92 Å². The van der Waals surface area contributed by atoms with Crippen molar-refractivity contribution in [2.75, 3.05) is 32.8 Å². The molecular weight excluding hydrogens is 190 g/mol. The fraction of sp³-hybridized carbons (Fsp3) is 0.917. The lowest BCUT2D eigenvalue weighted by Crippen LogP contribution is -2.41. The number of carbonyl (C=O) groups excluding carboxylic acids is 1. The Morgan fingerprint density at radius 1 is 1.53 bits per heavy atom. The molecule has 3 nitrogen and oxygen atoms in total. The van der Waals surface area contributed by atoms with Crippen LogP contribution in [0, 0.1) is 11.8 Å². The zero-order valence-corrected chi connectivity index (χ0v) is 10.2. The van der Waals surface area contributed by atoms with Crippen LogP contribution >= 0.6 is 0 Å². The zero-order valence-electron chi connectivity index (χ0n) is 10.2. The molecule has 0 radical (unpaired) electrons. The molecule has 0 N–H and O–H groups in total. The van der Waals surface area contributed by atoms with Crippen LogP contribution < -0.4 is 0 Å². The fourth-order valence-electron chi connectivity index (χ4n) is 1.81. The molecule has 1 rings (SSSR count). The van der Waals surface area contributed by atoms with E-state index in [9.17, 15) is 4.79 Å². The van der Waals surface area contributed by atoms with Gasteiger partial charge in [0.05, 0.1) is 6.61 Å². The maximum atomic E-state index is 11.3. The topological polar surface area (TPSA) is 29.5 Å². The first kappa shape index (κ1) is 12.7. The molecule has 0 saturated carbocycles. The number of Topliss-reactive ketones (excluding diaryl/α,β-unsaturated/α-hetero) is 1. The number of rotatable bonds is 5. The Bertz CT molecular complexity index is 204. The molecule has 1 fully saturated rings. The van der Waals surface area contributed by atoms with Gasteiger partial charge >= 0.3 is 0 Å². The van der Waals surface area contributed by atoms with Crippen LogP contribution in [0.25, 0.3) is 0 Å². The molecule has 0 amide bonds. The standard InChI is InChI=1S/C12H23NO2/c1-10(2)9-15-7-6-13-5-4-12(14)11(3)8-13/h10-11H,4-9H2,1-3H3. The first-order valence-electron chi connectivity index (χ1n) is 5.92. The first-order chi connectivity index (χ1) is 7.09. The van der Waals surface area contributed by atoms with E-state index in [1.54, 1.807) is 0 Å². The summed E-state index contributed by atoms with van der Waals surface area (Å²) in [5.41, 5.74) is 0. The van der Waals surface area contributed by atoms with Gasteiger partial charge in [-0.2, -0.15) is 0 Å². The number of carbonyl (C=O) groups is 1. The predicted molar refractivity (Wildman–Crippen MR) is 60.9 cm³/mol. The molecule has 1 unspecified atom stereocenters. The van der Waals surface area contributed by atoms with Crippen molar-refractivity contribution >= 4 is 5.78 Å². The van der Waals surface area contributed by atoms with Crippen molar-refractivity contribution in [3.05, 3.63) is 0 Å². The largest absolute Gasteiger partial charge is 0.380 e. The Hall–Kier alpha value is -0.410. The molecule has 88 valence electrons. The highest BCUT2D eigenvalue weighted by molar-refractivity contribution is 5.81. The Kier molecular flexibility index (Phi) is 5.26. The minimum Gasteiger partial charge on any atom is -0.380 e. The summed E-state index contributed by atoms with van der Waals surface area (Å²) in [7, 11) is 0. The van der Waals surface area contributed by atoms with E-state index in [1.807, 2.05) is 6.92 Å². The van der Waals surface area contributed by atoms with Gasteiger partial charge < -0.3 is 4.74 Å². The molecule has 0 aromatic rings. The molecule has 0 aromatic heterocycles. The quantitative estimate of drug-likeness (QED) is 0.649. The lowest BCUT2D eigenvalue weighted by Gasteiger charge is -2.29. The van der Waals surface area contributed by atoms with E-state index in [0.717, 1.165) is 32.8 Å². The van der Waals surface area contributed by atoms with Crippen molar-refractivity contribution < 1.29 is 9.53 Å².